The number of aliphatic hydroxyl groups excluding tert-OH is 1. The second kappa shape index (κ2) is 9.59. The lowest BCUT2D eigenvalue weighted by Gasteiger charge is -2.23. The van der Waals surface area contributed by atoms with Crippen molar-refractivity contribution >= 4 is 39.9 Å². The summed E-state index contributed by atoms with van der Waals surface area (Å²) in [6, 6.07) is 8.60. The van der Waals surface area contributed by atoms with Gasteiger partial charge in [0, 0.05) is 5.56 Å². The SMILES string of the molecule is C=CCOC(=O)c1sc(N2C(=O)C(=O)C(=C(O)c3ccc(F)cc3)[C@H]2c2ccc(F)cc2)nc1C. The smallest absolute Gasteiger partial charge is 0.350 e. The van der Waals surface area contributed by atoms with Crippen LogP contribution in [0.15, 0.2) is 66.8 Å². The van der Waals surface area contributed by atoms with Gasteiger partial charge in [-0.3, -0.25) is 14.5 Å². The van der Waals surface area contributed by atoms with Crippen molar-refractivity contribution in [3.63, 3.8) is 0 Å². The molecule has 1 saturated heterocycles. The number of benzene rings is 2. The molecule has 2 aromatic carbocycles. The topological polar surface area (TPSA) is 96.8 Å². The Morgan fingerprint density at radius 3 is 2.34 bits per heavy atom. The number of halogens is 2. The summed E-state index contributed by atoms with van der Waals surface area (Å²) in [6.07, 6.45) is 1.40. The molecule has 1 fully saturated rings. The van der Waals surface area contributed by atoms with Crippen molar-refractivity contribution in [1.29, 1.82) is 0 Å². The highest BCUT2D eigenvalue weighted by Crippen LogP contribution is 2.44. The second-order valence-electron chi connectivity index (χ2n) is 7.53. The molecule has 1 aliphatic rings. The highest BCUT2D eigenvalue weighted by atomic mass is 32.1. The first-order valence-corrected chi connectivity index (χ1v) is 11.1. The molecular formula is C25H18F2N2O5S. The molecule has 0 aliphatic carbocycles. The molecule has 1 amide bonds. The molecule has 1 aliphatic heterocycles. The Bertz CT molecular complexity index is 1360. The number of anilines is 1. The Morgan fingerprint density at radius 2 is 1.74 bits per heavy atom. The Balaban J connectivity index is 1.88. The Kier molecular flexibility index (Phi) is 6.57. The van der Waals surface area contributed by atoms with Crippen molar-refractivity contribution in [3.05, 3.63) is 100 Å². The van der Waals surface area contributed by atoms with Gasteiger partial charge in [0.2, 0.25) is 0 Å². The van der Waals surface area contributed by atoms with E-state index in [1.807, 2.05) is 0 Å². The Hall–Kier alpha value is -4.18. The molecule has 1 atom stereocenters. The van der Waals surface area contributed by atoms with Crippen molar-refractivity contribution in [2.24, 2.45) is 0 Å². The summed E-state index contributed by atoms with van der Waals surface area (Å²) < 4.78 is 32.1. The van der Waals surface area contributed by atoms with Crippen LogP contribution in [0.5, 0.6) is 0 Å². The molecule has 0 bridgehead atoms. The first-order chi connectivity index (χ1) is 16.7. The lowest BCUT2D eigenvalue weighted by molar-refractivity contribution is -0.132. The van der Waals surface area contributed by atoms with E-state index in [0.29, 0.717) is 5.56 Å². The maximum Gasteiger partial charge on any atom is 0.350 e. The predicted octanol–water partition coefficient (Wildman–Crippen LogP) is 4.70. The van der Waals surface area contributed by atoms with Crippen LogP contribution in [0.3, 0.4) is 0 Å². The van der Waals surface area contributed by atoms with Gasteiger partial charge in [0.1, 0.15) is 28.9 Å². The van der Waals surface area contributed by atoms with Gasteiger partial charge in [-0.05, 0) is 48.9 Å². The maximum absolute atomic E-state index is 13.6. The van der Waals surface area contributed by atoms with E-state index in [0.717, 1.165) is 40.5 Å². The van der Waals surface area contributed by atoms with Crippen molar-refractivity contribution < 1.29 is 33.0 Å². The molecule has 0 saturated carbocycles. The van der Waals surface area contributed by atoms with Crippen molar-refractivity contribution in [3.8, 4) is 0 Å². The van der Waals surface area contributed by atoms with Gasteiger partial charge in [-0.1, -0.05) is 36.1 Å². The summed E-state index contributed by atoms with van der Waals surface area (Å²) >= 11 is 0.839. The first kappa shape index (κ1) is 24.0. The molecule has 3 aromatic rings. The summed E-state index contributed by atoms with van der Waals surface area (Å²) in [5, 5.41) is 11.0. The summed E-state index contributed by atoms with van der Waals surface area (Å²) in [4.78, 5) is 44.1. The number of thiazole rings is 1. The molecule has 4 rings (SSSR count). The fourth-order valence-corrected chi connectivity index (χ4v) is 4.62. The molecule has 2 heterocycles. The van der Waals surface area contributed by atoms with E-state index in [-0.39, 0.29) is 33.4 Å². The van der Waals surface area contributed by atoms with E-state index in [1.165, 1.54) is 30.3 Å². The van der Waals surface area contributed by atoms with Gasteiger partial charge in [0.15, 0.2) is 5.13 Å². The predicted molar refractivity (Wildman–Crippen MR) is 125 cm³/mol. The third kappa shape index (κ3) is 4.47. The highest BCUT2D eigenvalue weighted by molar-refractivity contribution is 7.17. The van der Waals surface area contributed by atoms with Gasteiger partial charge in [0.25, 0.3) is 5.78 Å². The fourth-order valence-electron chi connectivity index (χ4n) is 3.63. The summed E-state index contributed by atoms with van der Waals surface area (Å²) in [7, 11) is 0. The number of carbonyl (C=O) groups excluding carboxylic acids is 3. The lowest BCUT2D eigenvalue weighted by Crippen LogP contribution is -2.29. The van der Waals surface area contributed by atoms with E-state index < -0.39 is 41.1 Å². The number of aromatic nitrogens is 1. The van der Waals surface area contributed by atoms with Gasteiger partial charge in [-0.15, -0.1) is 0 Å². The average Bonchev–Trinajstić information content (AvgIpc) is 3.35. The van der Waals surface area contributed by atoms with E-state index in [2.05, 4.69) is 11.6 Å². The molecule has 10 heteroatoms. The number of ether oxygens (including phenoxy) is 1. The van der Waals surface area contributed by atoms with Gasteiger partial charge < -0.3 is 9.84 Å². The largest absolute Gasteiger partial charge is 0.507 e. The summed E-state index contributed by atoms with van der Waals surface area (Å²) in [5.41, 5.74) is 0.424. The highest BCUT2D eigenvalue weighted by Gasteiger charge is 2.48. The van der Waals surface area contributed by atoms with Crippen LogP contribution in [0.2, 0.25) is 0 Å². The van der Waals surface area contributed by atoms with Crippen LogP contribution in [0.4, 0.5) is 13.9 Å². The zero-order valence-corrected chi connectivity index (χ0v) is 19.1. The number of amides is 1. The van der Waals surface area contributed by atoms with E-state index in [1.54, 1.807) is 6.92 Å². The summed E-state index contributed by atoms with van der Waals surface area (Å²) in [6.45, 7) is 5.01. The number of esters is 1. The maximum atomic E-state index is 13.6. The first-order valence-electron chi connectivity index (χ1n) is 10.3. The molecule has 35 heavy (non-hydrogen) atoms. The third-order valence-corrected chi connectivity index (χ3v) is 6.39. The quantitative estimate of drug-likeness (QED) is 0.175. The van der Waals surface area contributed by atoms with Crippen LogP contribution >= 0.6 is 11.3 Å². The van der Waals surface area contributed by atoms with Gasteiger partial charge in [-0.2, -0.15) is 0 Å². The molecule has 0 spiro atoms. The minimum Gasteiger partial charge on any atom is -0.507 e. The van der Waals surface area contributed by atoms with Gasteiger partial charge >= 0.3 is 11.9 Å². The lowest BCUT2D eigenvalue weighted by atomic mass is 9.95. The molecular weight excluding hydrogens is 478 g/mol. The monoisotopic (exact) mass is 496 g/mol. The van der Waals surface area contributed by atoms with Crippen molar-refractivity contribution in [1.82, 2.24) is 4.98 Å². The van der Waals surface area contributed by atoms with Crippen LogP contribution in [0.1, 0.15) is 32.5 Å². The van der Waals surface area contributed by atoms with Crippen LogP contribution in [-0.4, -0.2) is 34.4 Å². The number of ketones is 1. The second-order valence-corrected chi connectivity index (χ2v) is 8.50. The van der Waals surface area contributed by atoms with Gasteiger partial charge in [-0.25, -0.2) is 18.6 Å². The minimum absolute atomic E-state index is 0.0163. The molecule has 0 radical (unpaired) electrons. The third-order valence-electron chi connectivity index (χ3n) is 5.26. The number of hydrogen-bond donors (Lipinski definition) is 1. The zero-order chi connectivity index (χ0) is 25.3. The molecule has 0 unspecified atom stereocenters. The van der Waals surface area contributed by atoms with Crippen LogP contribution < -0.4 is 4.90 Å². The van der Waals surface area contributed by atoms with Crippen LogP contribution in [0.25, 0.3) is 5.76 Å². The van der Waals surface area contributed by atoms with E-state index in [4.69, 9.17) is 4.74 Å². The number of aryl methyl sites for hydroxylation is 1. The average molecular weight is 496 g/mol. The zero-order valence-electron chi connectivity index (χ0n) is 18.3. The molecule has 7 nitrogen and oxygen atoms in total. The molecule has 1 aromatic heterocycles. The van der Waals surface area contributed by atoms with Crippen LogP contribution in [-0.2, 0) is 14.3 Å². The van der Waals surface area contributed by atoms with Crippen molar-refractivity contribution in [2.45, 2.75) is 13.0 Å². The number of aliphatic hydroxyl groups is 1. The minimum atomic E-state index is -1.18. The Morgan fingerprint density at radius 1 is 1.14 bits per heavy atom. The number of hydrogen-bond acceptors (Lipinski definition) is 7. The summed E-state index contributed by atoms with van der Waals surface area (Å²) in [5.74, 6) is -4.30. The number of Topliss-reactive ketones (excluding diaryl/α,β-unsaturated/α-hetero) is 1. The molecule has 1 N–H and O–H groups in total. The van der Waals surface area contributed by atoms with Crippen molar-refractivity contribution in [2.75, 3.05) is 11.5 Å². The normalized spacial score (nSPS) is 17.0. The standard InChI is InChI=1S/C25H18F2N2O5S/c1-3-12-34-24(33)22-13(2)28-25(35-22)29-19(14-4-8-16(26)9-5-14)18(21(31)23(29)32)20(30)15-6-10-17(27)11-7-15/h3-11,19,30H,1,12H2,2H3/t19-/m1/s1. The van der Waals surface area contributed by atoms with E-state index >= 15 is 0 Å². The number of nitrogens with zero attached hydrogens (tertiary/aromatic N) is 2. The molecule has 178 valence electrons. The number of carbonyl (C=O) groups is 3. The Labute approximate surface area is 202 Å². The van der Waals surface area contributed by atoms with Crippen LogP contribution in [0, 0.1) is 18.6 Å². The van der Waals surface area contributed by atoms with E-state index in [9.17, 15) is 28.3 Å². The van der Waals surface area contributed by atoms with Gasteiger partial charge in [0.05, 0.1) is 17.3 Å². The fraction of sp³-hybridized carbons (Fsp3) is 0.120. The number of rotatable bonds is 6.